The number of carbonyl (C=O) groups excluding carboxylic acids is 1. The zero-order valence-electron chi connectivity index (χ0n) is 14.2. The topological polar surface area (TPSA) is 48.3 Å². The zero-order valence-corrected chi connectivity index (χ0v) is 15.0. The number of hydrogen-bond donors (Lipinski definition) is 0. The van der Waals surface area contributed by atoms with Crippen LogP contribution in [0.15, 0.2) is 71.7 Å². The van der Waals surface area contributed by atoms with Crippen LogP contribution < -0.4 is 10.3 Å². The van der Waals surface area contributed by atoms with Crippen LogP contribution in [0.1, 0.15) is 5.56 Å². The van der Waals surface area contributed by atoms with E-state index >= 15 is 0 Å². The number of pyridine rings is 1. The van der Waals surface area contributed by atoms with E-state index < -0.39 is 29.8 Å². The molecule has 2 aromatic carbocycles. The van der Waals surface area contributed by atoms with E-state index in [9.17, 15) is 22.8 Å². The Morgan fingerprint density at radius 2 is 1.71 bits per heavy atom. The van der Waals surface area contributed by atoms with Crippen LogP contribution in [0.3, 0.4) is 0 Å². The van der Waals surface area contributed by atoms with E-state index in [1.54, 1.807) is 12.1 Å². The molecule has 0 spiro atoms. The predicted molar refractivity (Wildman–Crippen MR) is 98.2 cm³/mol. The van der Waals surface area contributed by atoms with Gasteiger partial charge in [-0.3, -0.25) is 4.79 Å². The number of nitrogens with zero attached hydrogens (tertiary/aromatic N) is 1. The third kappa shape index (κ3) is 4.43. The fourth-order valence-corrected chi connectivity index (χ4v) is 2.78. The van der Waals surface area contributed by atoms with Crippen molar-refractivity contribution in [2.24, 2.45) is 0 Å². The molecule has 0 radical (unpaired) electrons. The SMILES string of the molecule is O=C(Cn1cccc(C(F)(F)F)c1=O)Oc1ccc(-c2ccccc2)cc1Cl. The number of alkyl halides is 3. The fourth-order valence-electron chi connectivity index (χ4n) is 2.56. The third-order valence-corrected chi connectivity index (χ3v) is 4.18. The van der Waals surface area contributed by atoms with Gasteiger partial charge < -0.3 is 9.30 Å². The highest BCUT2D eigenvalue weighted by Crippen LogP contribution is 2.30. The van der Waals surface area contributed by atoms with E-state index in [1.807, 2.05) is 30.3 Å². The van der Waals surface area contributed by atoms with Gasteiger partial charge in [0.05, 0.1) is 5.02 Å². The minimum absolute atomic E-state index is 0.0476. The smallest absolute Gasteiger partial charge is 0.421 e. The summed E-state index contributed by atoms with van der Waals surface area (Å²) in [5.74, 6) is -0.873. The molecule has 0 atom stereocenters. The lowest BCUT2D eigenvalue weighted by molar-refractivity contribution is -0.140. The van der Waals surface area contributed by atoms with E-state index in [0.29, 0.717) is 10.6 Å². The molecule has 4 nitrogen and oxygen atoms in total. The van der Waals surface area contributed by atoms with Crippen LogP contribution in [0.5, 0.6) is 5.75 Å². The summed E-state index contributed by atoms with van der Waals surface area (Å²) in [6.45, 7) is -0.681. The Morgan fingerprint density at radius 3 is 2.36 bits per heavy atom. The molecule has 0 amide bonds. The van der Waals surface area contributed by atoms with Crippen molar-refractivity contribution in [1.29, 1.82) is 0 Å². The monoisotopic (exact) mass is 407 g/mol. The van der Waals surface area contributed by atoms with Crippen LogP contribution in [0.4, 0.5) is 13.2 Å². The molecular weight excluding hydrogens is 395 g/mol. The fraction of sp³-hybridized carbons (Fsp3) is 0.100. The lowest BCUT2D eigenvalue weighted by atomic mass is 10.1. The molecule has 0 saturated carbocycles. The molecule has 28 heavy (non-hydrogen) atoms. The van der Waals surface area contributed by atoms with Crippen molar-refractivity contribution >= 4 is 17.6 Å². The van der Waals surface area contributed by atoms with Crippen molar-refractivity contribution in [3.63, 3.8) is 0 Å². The summed E-state index contributed by atoms with van der Waals surface area (Å²) in [7, 11) is 0. The number of rotatable bonds is 4. The highest BCUT2D eigenvalue weighted by atomic mass is 35.5. The van der Waals surface area contributed by atoms with Gasteiger partial charge in [0, 0.05) is 6.20 Å². The van der Waals surface area contributed by atoms with E-state index in [2.05, 4.69) is 0 Å². The van der Waals surface area contributed by atoms with E-state index in [4.69, 9.17) is 16.3 Å². The molecular formula is C20H13ClF3NO3. The summed E-state index contributed by atoms with van der Waals surface area (Å²) >= 11 is 6.15. The van der Waals surface area contributed by atoms with Gasteiger partial charge in [-0.1, -0.05) is 48.0 Å². The molecule has 0 aliphatic heterocycles. The second kappa shape index (κ2) is 7.90. The van der Waals surface area contributed by atoms with Gasteiger partial charge in [0.15, 0.2) is 0 Å². The Balaban J connectivity index is 1.77. The number of esters is 1. The Labute approximate surface area is 162 Å². The van der Waals surface area contributed by atoms with Crippen LogP contribution in [-0.2, 0) is 17.5 Å². The lowest BCUT2D eigenvalue weighted by Crippen LogP contribution is -2.31. The van der Waals surface area contributed by atoms with E-state index in [1.165, 1.54) is 6.07 Å². The molecule has 3 aromatic rings. The van der Waals surface area contributed by atoms with Gasteiger partial charge in [-0.05, 0) is 35.4 Å². The minimum atomic E-state index is -4.80. The largest absolute Gasteiger partial charge is 0.424 e. The van der Waals surface area contributed by atoms with Gasteiger partial charge in [0.2, 0.25) is 0 Å². The number of aromatic nitrogens is 1. The Kier molecular flexibility index (Phi) is 5.56. The van der Waals surface area contributed by atoms with Crippen LogP contribution in [-0.4, -0.2) is 10.5 Å². The van der Waals surface area contributed by atoms with Gasteiger partial charge in [-0.15, -0.1) is 0 Å². The summed E-state index contributed by atoms with van der Waals surface area (Å²) in [6, 6.07) is 15.9. The van der Waals surface area contributed by atoms with Crippen LogP contribution in [0.25, 0.3) is 11.1 Å². The Morgan fingerprint density at radius 1 is 1.00 bits per heavy atom. The molecule has 0 unspecified atom stereocenters. The quantitative estimate of drug-likeness (QED) is 0.461. The second-order valence-electron chi connectivity index (χ2n) is 5.84. The van der Waals surface area contributed by atoms with Gasteiger partial charge in [0.25, 0.3) is 5.56 Å². The van der Waals surface area contributed by atoms with Gasteiger partial charge in [-0.25, -0.2) is 4.79 Å². The van der Waals surface area contributed by atoms with Crippen molar-refractivity contribution in [2.75, 3.05) is 0 Å². The maximum Gasteiger partial charge on any atom is 0.421 e. The summed E-state index contributed by atoms with van der Waals surface area (Å²) in [5, 5.41) is 0.158. The van der Waals surface area contributed by atoms with Crippen molar-refractivity contribution in [3.05, 3.63) is 87.8 Å². The Hall–Kier alpha value is -3.06. The summed E-state index contributed by atoms with van der Waals surface area (Å²) < 4.78 is 44.1. The van der Waals surface area contributed by atoms with Crippen LogP contribution in [0.2, 0.25) is 5.02 Å². The average molecular weight is 408 g/mol. The molecule has 0 bridgehead atoms. The molecule has 1 aromatic heterocycles. The maximum atomic E-state index is 12.8. The summed E-state index contributed by atoms with van der Waals surface area (Å²) in [4.78, 5) is 24.0. The molecule has 8 heteroatoms. The van der Waals surface area contributed by atoms with Crippen molar-refractivity contribution < 1.29 is 22.7 Å². The number of benzene rings is 2. The molecule has 1 heterocycles. The number of carbonyl (C=O) groups is 1. The second-order valence-corrected chi connectivity index (χ2v) is 6.25. The van der Waals surface area contributed by atoms with Crippen LogP contribution in [0, 0.1) is 0 Å². The van der Waals surface area contributed by atoms with Crippen molar-refractivity contribution in [1.82, 2.24) is 4.57 Å². The first kappa shape index (κ1) is 19.7. The molecule has 0 fully saturated rings. The third-order valence-electron chi connectivity index (χ3n) is 3.89. The number of hydrogen-bond acceptors (Lipinski definition) is 3. The summed E-state index contributed by atoms with van der Waals surface area (Å²) in [6.07, 6.45) is -3.72. The van der Waals surface area contributed by atoms with Gasteiger partial charge >= 0.3 is 12.1 Å². The van der Waals surface area contributed by atoms with Crippen LogP contribution >= 0.6 is 11.6 Å². The van der Waals surface area contributed by atoms with E-state index in [0.717, 1.165) is 23.4 Å². The van der Waals surface area contributed by atoms with Crippen molar-refractivity contribution in [3.8, 4) is 16.9 Å². The van der Waals surface area contributed by atoms with Gasteiger partial charge in [-0.2, -0.15) is 13.2 Å². The normalized spacial score (nSPS) is 11.3. The van der Waals surface area contributed by atoms with Crippen molar-refractivity contribution in [2.45, 2.75) is 12.7 Å². The first-order valence-corrected chi connectivity index (χ1v) is 8.46. The molecule has 0 N–H and O–H groups in total. The lowest BCUT2D eigenvalue weighted by Gasteiger charge is -2.11. The first-order chi connectivity index (χ1) is 13.3. The Bertz CT molecular complexity index is 1060. The highest BCUT2D eigenvalue weighted by Gasteiger charge is 2.34. The molecule has 3 rings (SSSR count). The average Bonchev–Trinajstić information content (AvgIpc) is 2.65. The molecule has 0 aliphatic carbocycles. The molecule has 144 valence electrons. The summed E-state index contributed by atoms with van der Waals surface area (Å²) in [5.41, 5.74) is -0.956. The first-order valence-electron chi connectivity index (χ1n) is 8.08. The van der Waals surface area contributed by atoms with Gasteiger partial charge in [0.1, 0.15) is 17.9 Å². The number of halogens is 4. The number of ether oxygens (including phenoxy) is 1. The predicted octanol–water partition coefficient (Wildman–Crippen LogP) is 4.79. The zero-order chi connectivity index (χ0) is 20.3. The molecule has 0 saturated heterocycles. The maximum absolute atomic E-state index is 12.8. The standard InChI is InChI=1S/C20H13ClF3NO3/c21-16-11-14(13-5-2-1-3-6-13)8-9-17(16)28-18(26)12-25-10-4-7-15(19(25)27)20(22,23)24/h1-11H,12H2. The molecule has 0 aliphatic rings. The van der Waals surface area contributed by atoms with E-state index in [-0.39, 0.29) is 10.8 Å². The minimum Gasteiger partial charge on any atom is -0.424 e. The highest BCUT2D eigenvalue weighted by molar-refractivity contribution is 6.32.